The molecule has 1 aliphatic heterocycles. The number of piperidine rings is 1. The van der Waals surface area contributed by atoms with Gasteiger partial charge in [-0.05, 0) is 63.2 Å². The zero-order valence-electron chi connectivity index (χ0n) is 10.1. The highest BCUT2D eigenvalue weighted by Gasteiger charge is 2.15. The van der Waals surface area contributed by atoms with Crippen LogP contribution in [-0.4, -0.2) is 19.2 Å². The smallest absolute Gasteiger partial charge is 0.122 e. The molecule has 1 N–H and O–H groups in total. The molecule has 2 rings (SSSR count). The Morgan fingerprint density at radius 1 is 1.29 bits per heavy atom. The average Bonchev–Trinajstić information content (AvgIpc) is 2.38. The second-order valence-corrected chi connectivity index (χ2v) is 4.66. The van der Waals surface area contributed by atoms with Gasteiger partial charge in [0.2, 0.25) is 0 Å². The van der Waals surface area contributed by atoms with Gasteiger partial charge >= 0.3 is 0 Å². The minimum Gasteiger partial charge on any atom is -0.490 e. The zero-order chi connectivity index (χ0) is 12.1. The molecule has 17 heavy (non-hydrogen) atoms. The first kappa shape index (κ1) is 12.5. The van der Waals surface area contributed by atoms with Crippen molar-refractivity contribution in [3.63, 3.8) is 0 Å². The highest BCUT2D eigenvalue weighted by molar-refractivity contribution is 6.30. The van der Waals surface area contributed by atoms with Crippen molar-refractivity contribution in [1.82, 2.24) is 5.32 Å². The number of ether oxygens (including phenoxy) is 1. The third-order valence-electron chi connectivity index (χ3n) is 2.97. The van der Waals surface area contributed by atoms with Crippen molar-refractivity contribution in [2.45, 2.75) is 25.9 Å². The molecular formula is C14H18ClNO. The van der Waals surface area contributed by atoms with Gasteiger partial charge < -0.3 is 10.1 Å². The Hall–Kier alpha value is -0.990. The first-order valence-corrected chi connectivity index (χ1v) is 6.47. The van der Waals surface area contributed by atoms with E-state index in [4.69, 9.17) is 16.3 Å². The summed E-state index contributed by atoms with van der Waals surface area (Å²) in [6.07, 6.45) is 4.50. The van der Waals surface area contributed by atoms with Crippen LogP contribution in [0.5, 0.6) is 0 Å². The number of hydrogen-bond acceptors (Lipinski definition) is 2. The van der Waals surface area contributed by atoms with E-state index in [0.717, 1.165) is 42.3 Å². The SMILES string of the molecule is CC=C(OC1CCNCC1)c1ccc(Cl)cc1. The lowest BCUT2D eigenvalue weighted by Gasteiger charge is -2.25. The monoisotopic (exact) mass is 251 g/mol. The number of nitrogens with one attached hydrogen (secondary N) is 1. The maximum Gasteiger partial charge on any atom is 0.122 e. The predicted octanol–water partition coefficient (Wildman–Crippen LogP) is 3.47. The van der Waals surface area contributed by atoms with E-state index in [9.17, 15) is 0 Å². The standard InChI is InChI=1S/C14H18ClNO/c1-2-14(11-3-5-12(15)6-4-11)17-13-7-9-16-10-8-13/h2-6,13,16H,7-10H2,1H3. The van der Waals surface area contributed by atoms with Gasteiger partial charge in [0.05, 0.1) is 0 Å². The largest absolute Gasteiger partial charge is 0.490 e. The molecule has 1 saturated heterocycles. The molecule has 0 saturated carbocycles. The van der Waals surface area contributed by atoms with Gasteiger partial charge in [0.1, 0.15) is 11.9 Å². The molecule has 1 fully saturated rings. The van der Waals surface area contributed by atoms with Crippen molar-refractivity contribution in [2.75, 3.05) is 13.1 Å². The molecule has 3 heteroatoms. The maximum atomic E-state index is 6.04. The molecule has 1 heterocycles. The van der Waals surface area contributed by atoms with E-state index in [1.54, 1.807) is 0 Å². The Bertz CT molecular complexity index is 380. The Morgan fingerprint density at radius 3 is 2.53 bits per heavy atom. The van der Waals surface area contributed by atoms with Crippen LogP contribution in [0, 0.1) is 0 Å². The fraction of sp³-hybridized carbons (Fsp3) is 0.429. The van der Waals surface area contributed by atoms with Crippen LogP contribution >= 0.6 is 11.6 Å². The van der Waals surface area contributed by atoms with E-state index in [1.807, 2.05) is 37.3 Å². The van der Waals surface area contributed by atoms with Crippen LogP contribution in [0.25, 0.3) is 5.76 Å². The van der Waals surface area contributed by atoms with Gasteiger partial charge in [-0.15, -0.1) is 0 Å². The lowest BCUT2D eigenvalue weighted by Crippen LogP contribution is -2.32. The number of rotatable bonds is 3. The molecule has 0 unspecified atom stereocenters. The molecule has 0 bridgehead atoms. The van der Waals surface area contributed by atoms with Crippen molar-refractivity contribution in [3.8, 4) is 0 Å². The Balaban J connectivity index is 2.03. The molecule has 2 nitrogen and oxygen atoms in total. The summed E-state index contributed by atoms with van der Waals surface area (Å²) in [5.41, 5.74) is 1.09. The van der Waals surface area contributed by atoms with E-state index in [0.29, 0.717) is 6.10 Å². The van der Waals surface area contributed by atoms with Crippen LogP contribution in [0.1, 0.15) is 25.3 Å². The van der Waals surface area contributed by atoms with Crippen molar-refractivity contribution in [3.05, 3.63) is 40.9 Å². The van der Waals surface area contributed by atoms with Crippen LogP contribution < -0.4 is 5.32 Å². The molecular weight excluding hydrogens is 234 g/mol. The molecule has 0 aliphatic carbocycles. The number of hydrogen-bond donors (Lipinski definition) is 1. The lowest BCUT2D eigenvalue weighted by atomic mass is 10.1. The third kappa shape index (κ3) is 3.48. The van der Waals surface area contributed by atoms with E-state index in [1.165, 1.54) is 0 Å². The van der Waals surface area contributed by atoms with Crippen LogP contribution in [0.3, 0.4) is 0 Å². The summed E-state index contributed by atoms with van der Waals surface area (Å²) in [6.45, 7) is 4.09. The van der Waals surface area contributed by atoms with E-state index < -0.39 is 0 Å². The fourth-order valence-corrected chi connectivity index (χ4v) is 2.14. The molecule has 1 aliphatic rings. The van der Waals surface area contributed by atoms with Crippen LogP contribution in [0.4, 0.5) is 0 Å². The van der Waals surface area contributed by atoms with Crippen LogP contribution in [0.15, 0.2) is 30.3 Å². The van der Waals surface area contributed by atoms with Crippen molar-refractivity contribution < 1.29 is 4.74 Å². The topological polar surface area (TPSA) is 21.3 Å². The summed E-state index contributed by atoms with van der Waals surface area (Å²) in [6, 6.07) is 7.79. The highest BCUT2D eigenvalue weighted by Crippen LogP contribution is 2.22. The molecule has 0 radical (unpaired) electrons. The summed E-state index contributed by atoms with van der Waals surface area (Å²) < 4.78 is 6.04. The molecule has 1 aromatic rings. The predicted molar refractivity (Wildman–Crippen MR) is 72.1 cm³/mol. The van der Waals surface area contributed by atoms with E-state index in [2.05, 4.69) is 5.32 Å². The van der Waals surface area contributed by atoms with Crippen molar-refractivity contribution >= 4 is 17.4 Å². The van der Waals surface area contributed by atoms with Gasteiger partial charge in [-0.2, -0.15) is 0 Å². The van der Waals surface area contributed by atoms with Crippen LogP contribution in [0.2, 0.25) is 5.02 Å². The minimum absolute atomic E-state index is 0.332. The first-order chi connectivity index (χ1) is 8.29. The summed E-state index contributed by atoms with van der Waals surface area (Å²) in [5, 5.41) is 4.09. The number of halogens is 1. The molecule has 1 aromatic carbocycles. The Morgan fingerprint density at radius 2 is 1.94 bits per heavy atom. The van der Waals surface area contributed by atoms with Gasteiger partial charge in [-0.25, -0.2) is 0 Å². The summed E-state index contributed by atoms with van der Waals surface area (Å²) in [4.78, 5) is 0. The first-order valence-electron chi connectivity index (χ1n) is 6.09. The summed E-state index contributed by atoms with van der Waals surface area (Å²) in [7, 11) is 0. The maximum absolute atomic E-state index is 6.04. The van der Waals surface area contributed by atoms with Crippen molar-refractivity contribution in [1.29, 1.82) is 0 Å². The van der Waals surface area contributed by atoms with Crippen molar-refractivity contribution in [2.24, 2.45) is 0 Å². The van der Waals surface area contributed by atoms with Gasteiger partial charge in [0.15, 0.2) is 0 Å². The minimum atomic E-state index is 0.332. The van der Waals surface area contributed by atoms with E-state index in [-0.39, 0.29) is 0 Å². The third-order valence-corrected chi connectivity index (χ3v) is 3.22. The Kier molecular flexibility index (Phi) is 4.46. The number of allylic oxidation sites excluding steroid dienone is 1. The van der Waals surface area contributed by atoms with Gasteiger partial charge in [-0.3, -0.25) is 0 Å². The molecule has 0 aromatic heterocycles. The highest BCUT2D eigenvalue weighted by atomic mass is 35.5. The quantitative estimate of drug-likeness (QED) is 0.831. The van der Waals surface area contributed by atoms with E-state index >= 15 is 0 Å². The average molecular weight is 252 g/mol. The molecule has 0 amide bonds. The molecule has 0 spiro atoms. The van der Waals surface area contributed by atoms with Crippen LogP contribution in [-0.2, 0) is 4.74 Å². The second-order valence-electron chi connectivity index (χ2n) is 4.23. The summed E-state index contributed by atoms with van der Waals surface area (Å²) in [5.74, 6) is 0.952. The second kappa shape index (κ2) is 6.08. The molecule has 0 atom stereocenters. The molecule has 92 valence electrons. The zero-order valence-corrected chi connectivity index (χ0v) is 10.8. The van der Waals surface area contributed by atoms with Gasteiger partial charge in [-0.1, -0.05) is 11.6 Å². The van der Waals surface area contributed by atoms with Gasteiger partial charge in [0.25, 0.3) is 0 Å². The summed E-state index contributed by atoms with van der Waals surface area (Å²) >= 11 is 5.88. The number of benzene rings is 1. The fourth-order valence-electron chi connectivity index (χ4n) is 2.01. The Labute approximate surface area is 108 Å². The normalized spacial score (nSPS) is 18.1. The lowest BCUT2D eigenvalue weighted by molar-refractivity contribution is 0.131. The van der Waals surface area contributed by atoms with Gasteiger partial charge in [0, 0.05) is 10.6 Å².